The topological polar surface area (TPSA) is 68.2 Å². The quantitative estimate of drug-likeness (QED) is 0.654. The van der Waals surface area contributed by atoms with E-state index in [2.05, 4.69) is 41.5 Å². The van der Waals surface area contributed by atoms with Crippen LogP contribution in [0.2, 0.25) is 0 Å². The molecule has 0 spiro atoms. The predicted octanol–water partition coefficient (Wildman–Crippen LogP) is 4.88. The molecule has 156 valence electrons. The summed E-state index contributed by atoms with van der Waals surface area (Å²) in [7, 11) is -0.433. The van der Waals surface area contributed by atoms with Crippen molar-refractivity contribution in [3.8, 4) is 0 Å². The highest BCUT2D eigenvalue weighted by atomic mass is 16.7. The molecule has 0 saturated carbocycles. The lowest BCUT2D eigenvalue weighted by molar-refractivity contribution is -0.102. The lowest BCUT2D eigenvalue weighted by Gasteiger charge is -2.32. The normalized spacial score (nSPS) is 22.1. The van der Waals surface area contributed by atoms with Gasteiger partial charge in [0, 0.05) is 12.7 Å². The number of amides is 1. The molecule has 0 aliphatic carbocycles. The highest BCUT2D eigenvalue weighted by molar-refractivity contribution is 6.54. The number of nitrogens with zero attached hydrogens (tertiary/aromatic N) is 1. The highest BCUT2D eigenvalue weighted by Crippen LogP contribution is 2.39. The van der Waals surface area contributed by atoms with Gasteiger partial charge in [0.05, 0.1) is 22.4 Å². The van der Waals surface area contributed by atoms with Crippen molar-refractivity contribution < 1.29 is 23.9 Å². The molecule has 7 heteroatoms. The first-order valence-electron chi connectivity index (χ1n) is 9.69. The molecule has 2 aliphatic heterocycles. The van der Waals surface area contributed by atoms with Crippen LogP contribution < -0.4 is 0 Å². The summed E-state index contributed by atoms with van der Waals surface area (Å²) in [5, 5.41) is 9.00. The molecule has 1 amide bonds. The van der Waals surface area contributed by atoms with E-state index in [1.54, 1.807) is 6.20 Å². The minimum atomic E-state index is -0.927. The summed E-state index contributed by atoms with van der Waals surface area (Å²) in [6.07, 6.45) is 2.35. The van der Waals surface area contributed by atoms with Crippen LogP contribution in [0.5, 0.6) is 0 Å². The van der Waals surface area contributed by atoms with Crippen molar-refractivity contribution in [2.45, 2.75) is 104 Å². The average molecular weight is 383 g/mol. The molecule has 2 rings (SSSR count). The van der Waals surface area contributed by atoms with Gasteiger partial charge in [0.2, 0.25) is 0 Å². The van der Waals surface area contributed by atoms with Gasteiger partial charge < -0.3 is 19.2 Å². The number of carboxylic acid groups (broad SMARTS) is 1. The van der Waals surface area contributed by atoms with Gasteiger partial charge in [-0.1, -0.05) is 0 Å². The number of allylic oxidation sites excluding steroid dienone is 1. The molecule has 0 unspecified atom stereocenters. The number of rotatable bonds is 1. The Labute approximate surface area is 165 Å². The molecule has 2 heterocycles. The SMILES string of the molecule is CC(C)(C)OC(C)(C)C.CC1(C)OB(C2=CN(C(=O)O)CCC2)OC1(C)C. The van der Waals surface area contributed by atoms with E-state index in [4.69, 9.17) is 19.2 Å². The molecule has 0 bridgehead atoms. The molecular formula is C20H38BNO5. The van der Waals surface area contributed by atoms with Crippen LogP contribution in [0.15, 0.2) is 11.7 Å². The molecule has 0 atom stereocenters. The second-order valence-electron chi connectivity index (χ2n) is 10.2. The first-order chi connectivity index (χ1) is 11.9. The van der Waals surface area contributed by atoms with Crippen LogP contribution in [0.25, 0.3) is 0 Å². The van der Waals surface area contributed by atoms with E-state index in [1.165, 1.54) is 4.90 Å². The third kappa shape index (κ3) is 7.47. The van der Waals surface area contributed by atoms with Crippen molar-refractivity contribution in [3.63, 3.8) is 0 Å². The number of ether oxygens (including phenoxy) is 1. The summed E-state index contributed by atoms with van der Waals surface area (Å²) >= 11 is 0. The third-order valence-electron chi connectivity index (χ3n) is 4.60. The summed E-state index contributed by atoms with van der Waals surface area (Å²) in [5.41, 5.74) is 0.104. The third-order valence-corrected chi connectivity index (χ3v) is 4.60. The molecule has 1 fully saturated rings. The van der Waals surface area contributed by atoms with Crippen molar-refractivity contribution in [2.75, 3.05) is 6.54 Å². The maximum Gasteiger partial charge on any atom is 0.492 e. The van der Waals surface area contributed by atoms with Crippen molar-refractivity contribution in [2.24, 2.45) is 0 Å². The Kier molecular flexibility index (Phi) is 7.23. The minimum absolute atomic E-state index is 0.0156. The largest absolute Gasteiger partial charge is 0.492 e. The number of hydrogen-bond donors (Lipinski definition) is 1. The van der Waals surface area contributed by atoms with Crippen LogP contribution >= 0.6 is 0 Å². The number of carbonyl (C=O) groups is 1. The Balaban J connectivity index is 0.000000345. The van der Waals surface area contributed by atoms with Crippen molar-refractivity contribution in [3.05, 3.63) is 11.7 Å². The molecule has 0 aromatic rings. The van der Waals surface area contributed by atoms with E-state index in [9.17, 15) is 4.79 Å². The molecule has 2 aliphatic rings. The van der Waals surface area contributed by atoms with Crippen LogP contribution in [-0.4, -0.2) is 52.2 Å². The Morgan fingerprint density at radius 2 is 1.52 bits per heavy atom. The molecule has 1 N–H and O–H groups in total. The summed E-state index contributed by atoms with van der Waals surface area (Å²) in [5.74, 6) is 0. The molecule has 27 heavy (non-hydrogen) atoms. The van der Waals surface area contributed by atoms with Gasteiger partial charge >= 0.3 is 13.2 Å². The van der Waals surface area contributed by atoms with Crippen molar-refractivity contribution >= 4 is 13.2 Å². The summed E-state index contributed by atoms with van der Waals surface area (Å²) in [4.78, 5) is 12.3. The maximum absolute atomic E-state index is 11.0. The van der Waals surface area contributed by atoms with E-state index < -0.39 is 13.2 Å². The second kappa shape index (κ2) is 8.14. The molecular weight excluding hydrogens is 345 g/mol. The van der Waals surface area contributed by atoms with E-state index >= 15 is 0 Å². The fourth-order valence-corrected chi connectivity index (χ4v) is 3.03. The van der Waals surface area contributed by atoms with E-state index in [0.717, 1.165) is 18.3 Å². The Bertz CT molecular complexity index is 530. The summed E-state index contributed by atoms with van der Waals surface area (Å²) in [6.45, 7) is 20.9. The molecule has 6 nitrogen and oxygen atoms in total. The van der Waals surface area contributed by atoms with Crippen LogP contribution in [-0.2, 0) is 14.0 Å². The monoisotopic (exact) mass is 383 g/mol. The first kappa shape index (κ1) is 24.0. The zero-order valence-electron chi connectivity index (χ0n) is 18.8. The maximum atomic E-state index is 11.0. The van der Waals surface area contributed by atoms with E-state index in [1.807, 2.05) is 27.7 Å². The average Bonchev–Trinajstić information content (AvgIpc) is 2.64. The van der Waals surface area contributed by atoms with Crippen molar-refractivity contribution in [1.29, 1.82) is 0 Å². The highest BCUT2D eigenvalue weighted by Gasteiger charge is 2.52. The molecule has 0 aromatic heterocycles. The summed E-state index contributed by atoms with van der Waals surface area (Å²) < 4.78 is 17.5. The Hall–Kier alpha value is -1.05. The van der Waals surface area contributed by atoms with Crippen molar-refractivity contribution in [1.82, 2.24) is 4.90 Å². The minimum Gasteiger partial charge on any atom is -0.465 e. The lowest BCUT2D eigenvalue weighted by atomic mass is 9.75. The van der Waals surface area contributed by atoms with E-state index in [-0.39, 0.29) is 22.4 Å². The van der Waals surface area contributed by atoms with Crippen LogP contribution in [0.1, 0.15) is 82.1 Å². The first-order valence-corrected chi connectivity index (χ1v) is 9.69. The molecule has 0 aromatic carbocycles. The van der Waals surface area contributed by atoms with Gasteiger partial charge in [-0.05, 0) is 87.6 Å². The Morgan fingerprint density at radius 3 is 1.85 bits per heavy atom. The standard InChI is InChI=1S/C12H20BNO4.C8H18O/c1-11(2)12(3,4)18-13(17-11)9-6-5-7-14(8-9)10(15)16;1-7(2,3)9-8(4,5)6/h8H,5-7H2,1-4H3,(H,15,16);1-6H3. The van der Waals surface area contributed by atoms with Gasteiger partial charge in [0.15, 0.2) is 0 Å². The zero-order valence-corrected chi connectivity index (χ0v) is 18.8. The van der Waals surface area contributed by atoms with Gasteiger partial charge in [0.25, 0.3) is 0 Å². The van der Waals surface area contributed by atoms with Gasteiger partial charge in [0.1, 0.15) is 0 Å². The fraction of sp³-hybridized carbons (Fsp3) is 0.850. The van der Waals surface area contributed by atoms with Gasteiger partial charge in [-0.2, -0.15) is 0 Å². The molecule has 0 radical (unpaired) electrons. The molecule has 1 saturated heterocycles. The zero-order chi connectivity index (χ0) is 21.3. The van der Waals surface area contributed by atoms with Gasteiger partial charge in [-0.3, -0.25) is 4.90 Å². The van der Waals surface area contributed by atoms with Gasteiger partial charge in [-0.25, -0.2) is 4.79 Å². The summed E-state index contributed by atoms with van der Waals surface area (Å²) in [6, 6.07) is 0. The Morgan fingerprint density at radius 1 is 1.07 bits per heavy atom. The van der Waals surface area contributed by atoms with Crippen LogP contribution in [0, 0.1) is 0 Å². The second-order valence-corrected chi connectivity index (χ2v) is 10.2. The number of hydrogen-bond acceptors (Lipinski definition) is 4. The lowest BCUT2D eigenvalue weighted by Crippen LogP contribution is -2.41. The predicted molar refractivity (Wildman–Crippen MR) is 109 cm³/mol. The fourth-order valence-electron chi connectivity index (χ4n) is 3.03. The van der Waals surface area contributed by atoms with Crippen LogP contribution in [0.3, 0.4) is 0 Å². The van der Waals surface area contributed by atoms with Crippen LogP contribution in [0.4, 0.5) is 4.79 Å². The van der Waals surface area contributed by atoms with Gasteiger partial charge in [-0.15, -0.1) is 0 Å². The van der Waals surface area contributed by atoms with E-state index in [0.29, 0.717) is 6.54 Å². The smallest absolute Gasteiger partial charge is 0.465 e.